The summed E-state index contributed by atoms with van der Waals surface area (Å²) in [4.78, 5) is 15.3. The van der Waals surface area contributed by atoms with Crippen molar-refractivity contribution in [1.29, 1.82) is 0 Å². The first kappa shape index (κ1) is 19.2. The van der Waals surface area contributed by atoms with Gasteiger partial charge in [0, 0.05) is 31.9 Å². The van der Waals surface area contributed by atoms with Gasteiger partial charge in [-0.15, -0.1) is 0 Å². The predicted molar refractivity (Wildman–Crippen MR) is 110 cm³/mol. The zero-order chi connectivity index (χ0) is 19.9. The Bertz CT molecular complexity index is 1030. The Labute approximate surface area is 167 Å². The van der Waals surface area contributed by atoms with Gasteiger partial charge in [0.25, 0.3) is 5.91 Å². The Morgan fingerprint density at radius 3 is 2.32 bits per heavy atom. The van der Waals surface area contributed by atoms with E-state index in [4.69, 9.17) is 0 Å². The van der Waals surface area contributed by atoms with Gasteiger partial charge in [0.15, 0.2) is 0 Å². The molecule has 28 heavy (non-hydrogen) atoms. The van der Waals surface area contributed by atoms with Crippen molar-refractivity contribution in [3.63, 3.8) is 0 Å². The second-order valence-electron chi connectivity index (χ2n) is 7.83. The molecule has 1 aliphatic heterocycles. The van der Waals surface area contributed by atoms with Crippen LogP contribution in [0.4, 0.5) is 5.69 Å². The van der Waals surface area contributed by atoms with E-state index < -0.39 is 10.0 Å². The number of benzene rings is 2. The van der Waals surface area contributed by atoms with Crippen molar-refractivity contribution >= 4 is 21.6 Å². The number of carbonyl (C=O) groups is 1. The largest absolute Gasteiger partial charge is 0.308 e. The van der Waals surface area contributed by atoms with Crippen molar-refractivity contribution in [2.45, 2.75) is 43.4 Å². The Balaban J connectivity index is 1.72. The maximum atomic E-state index is 13.3. The highest BCUT2D eigenvalue weighted by atomic mass is 32.2. The van der Waals surface area contributed by atoms with Crippen LogP contribution in [0.25, 0.3) is 0 Å². The lowest BCUT2D eigenvalue weighted by atomic mass is 9.90. The van der Waals surface area contributed by atoms with E-state index in [1.165, 1.54) is 42.4 Å². The highest BCUT2D eigenvalue weighted by molar-refractivity contribution is 7.89. The standard InChI is InChI=1S/C22H26N2O3S/c1-23(2)28(26,27)20-12-11-17-8-5-13-24(21(17)15-20)22(25)19-10-9-16-6-3-4-7-18(16)14-19/h9-12,14-15H,3-8,13H2,1-2H3. The van der Waals surface area contributed by atoms with Crippen molar-refractivity contribution < 1.29 is 13.2 Å². The molecule has 0 atom stereocenters. The number of carbonyl (C=O) groups excluding carboxylic acids is 1. The number of anilines is 1. The number of rotatable bonds is 3. The number of hydrogen-bond acceptors (Lipinski definition) is 3. The van der Waals surface area contributed by atoms with Gasteiger partial charge >= 0.3 is 0 Å². The molecule has 0 saturated carbocycles. The van der Waals surface area contributed by atoms with Gasteiger partial charge in [-0.3, -0.25) is 4.79 Å². The zero-order valence-corrected chi connectivity index (χ0v) is 17.3. The highest BCUT2D eigenvalue weighted by Crippen LogP contribution is 2.32. The van der Waals surface area contributed by atoms with Crippen molar-refractivity contribution in [3.8, 4) is 0 Å². The molecule has 1 heterocycles. The lowest BCUT2D eigenvalue weighted by Crippen LogP contribution is -2.36. The first-order valence-electron chi connectivity index (χ1n) is 9.87. The average molecular weight is 399 g/mol. The van der Waals surface area contributed by atoms with Gasteiger partial charge in [-0.05, 0) is 79.5 Å². The maximum absolute atomic E-state index is 13.3. The molecule has 2 aromatic rings. The molecule has 6 heteroatoms. The van der Waals surface area contributed by atoms with E-state index in [9.17, 15) is 13.2 Å². The fourth-order valence-electron chi connectivity index (χ4n) is 4.16. The summed E-state index contributed by atoms with van der Waals surface area (Å²) >= 11 is 0. The quantitative estimate of drug-likeness (QED) is 0.796. The predicted octanol–water partition coefficient (Wildman–Crippen LogP) is 3.41. The van der Waals surface area contributed by atoms with E-state index in [0.717, 1.165) is 36.9 Å². The normalized spacial score (nSPS) is 16.6. The number of nitrogens with zero attached hydrogens (tertiary/aromatic N) is 2. The van der Waals surface area contributed by atoms with E-state index in [2.05, 4.69) is 6.07 Å². The first-order valence-corrected chi connectivity index (χ1v) is 11.3. The molecule has 148 valence electrons. The third-order valence-corrected chi connectivity index (χ3v) is 7.61. The molecule has 0 saturated heterocycles. The fourth-order valence-corrected chi connectivity index (χ4v) is 5.08. The SMILES string of the molecule is CN(C)S(=O)(=O)c1ccc2c(c1)N(C(=O)c1ccc3c(c1)CCCC3)CCC2. The number of aryl methyl sites for hydroxylation is 3. The molecule has 0 spiro atoms. The van der Waals surface area contributed by atoms with E-state index in [1.807, 2.05) is 18.2 Å². The highest BCUT2D eigenvalue weighted by Gasteiger charge is 2.27. The minimum absolute atomic E-state index is 0.0475. The van der Waals surface area contributed by atoms with Crippen LogP contribution in [-0.2, 0) is 29.3 Å². The molecule has 1 aliphatic carbocycles. The van der Waals surface area contributed by atoms with Crippen LogP contribution >= 0.6 is 0 Å². The summed E-state index contributed by atoms with van der Waals surface area (Å²) in [7, 11) is -0.504. The molecule has 1 amide bonds. The van der Waals surface area contributed by atoms with E-state index in [-0.39, 0.29) is 10.8 Å². The van der Waals surface area contributed by atoms with Crippen molar-refractivity contribution in [3.05, 3.63) is 58.7 Å². The summed E-state index contributed by atoms with van der Waals surface area (Å²) in [5.74, 6) is -0.0475. The molecule has 2 aromatic carbocycles. The maximum Gasteiger partial charge on any atom is 0.258 e. The van der Waals surface area contributed by atoms with Gasteiger partial charge in [-0.25, -0.2) is 12.7 Å². The number of hydrogen-bond donors (Lipinski definition) is 0. The molecule has 4 rings (SSSR count). The van der Waals surface area contributed by atoms with E-state index in [1.54, 1.807) is 17.0 Å². The average Bonchev–Trinajstić information content (AvgIpc) is 2.71. The smallest absolute Gasteiger partial charge is 0.258 e. The Hall–Kier alpha value is -2.18. The Morgan fingerprint density at radius 1 is 0.893 bits per heavy atom. The topological polar surface area (TPSA) is 57.7 Å². The third kappa shape index (κ3) is 3.35. The summed E-state index contributed by atoms with van der Waals surface area (Å²) in [5, 5.41) is 0. The van der Waals surface area contributed by atoms with Crippen LogP contribution in [0, 0.1) is 0 Å². The summed E-state index contributed by atoms with van der Waals surface area (Å²) < 4.78 is 26.3. The summed E-state index contributed by atoms with van der Waals surface area (Å²) in [6, 6.07) is 11.2. The van der Waals surface area contributed by atoms with E-state index in [0.29, 0.717) is 12.1 Å². The Kier molecular flexibility index (Phi) is 5.02. The third-order valence-electron chi connectivity index (χ3n) is 5.79. The van der Waals surface area contributed by atoms with E-state index >= 15 is 0 Å². The van der Waals surface area contributed by atoms with Crippen molar-refractivity contribution in [2.24, 2.45) is 0 Å². The molecule has 0 fully saturated rings. The summed E-state index contributed by atoms with van der Waals surface area (Å²) in [5.41, 5.74) is 5.06. The lowest BCUT2D eigenvalue weighted by molar-refractivity contribution is 0.0985. The van der Waals surface area contributed by atoms with Crippen LogP contribution in [0.2, 0.25) is 0 Å². The molecule has 0 radical (unpaired) electrons. The van der Waals surface area contributed by atoms with Crippen LogP contribution in [-0.4, -0.2) is 39.3 Å². The van der Waals surface area contributed by atoms with Gasteiger partial charge < -0.3 is 4.90 Å². The number of fused-ring (bicyclic) bond motifs is 2. The van der Waals surface area contributed by atoms with Gasteiger partial charge in [-0.1, -0.05) is 12.1 Å². The second-order valence-corrected chi connectivity index (χ2v) is 9.98. The molecular weight excluding hydrogens is 372 g/mol. The molecule has 2 aliphatic rings. The minimum Gasteiger partial charge on any atom is -0.308 e. The molecule has 5 nitrogen and oxygen atoms in total. The minimum atomic E-state index is -3.54. The molecule has 0 bridgehead atoms. The fraction of sp³-hybridized carbons (Fsp3) is 0.409. The molecule has 0 aromatic heterocycles. The zero-order valence-electron chi connectivity index (χ0n) is 16.4. The molecular formula is C22H26N2O3S. The van der Waals surface area contributed by atoms with Gasteiger partial charge in [0.1, 0.15) is 0 Å². The summed E-state index contributed by atoms with van der Waals surface area (Å²) in [6.45, 7) is 0.606. The van der Waals surface area contributed by atoms with Gasteiger partial charge in [0.05, 0.1) is 4.90 Å². The monoisotopic (exact) mass is 398 g/mol. The number of amides is 1. The van der Waals surface area contributed by atoms with Crippen LogP contribution in [0.15, 0.2) is 41.3 Å². The first-order chi connectivity index (χ1) is 13.4. The van der Waals surface area contributed by atoms with Crippen LogP contribution in [0.3, 0.4) is 0 Å². The lowest BCUT2D eigenvalue weighted by Gasteiger charge is -2.30. The van der Waals surface area contributed by atoms with Crippen LogP contribution < -0.4 is 4.90 Å². The van der Waals surface area contributed by atoms with Crippen LogP contribution in [0.5, 0.6) is 0 Å². The van der Waals surface area contributed by atoms with Crippen molar-refractivity contribution in [1.82, 2.24) is 4.31 Å². The van der Waals surface area contributed by atoms with Crippen LogP contribution in [0.1, 0.15) is 46.3 Å². The number of sulfonamides is 1. The summed E-state index contributed by atoms with van der Waals surface area (Å²) in [6.07, 6.45) is 6.22. The van der Waals surface area contributed by atoms with Gasteiger partial charge in [-0.2, -0.15) is 0 Å². The van der Waals surface area contributed by atoms with Gasteiger partial charge in [0.2, 0.25) is 10.0 Å². The van der Waals surface area contributed by atoms with Crippen molar-refractivity contribution in [2.75, 3.05) is 25.5 Å². The molecule has 0 N–H and O–H groups in total. The Morgan fingerprint density at radius 2 is 1.57 bits per heavy atom. The second kappa shape index (κ2) is 7.33. The molecule has 0 unspecified atom stereocenters.